The fraction of sp³-hybridized carbons (Fsp3) is 0.286. The van der Waals surface area contributed by atoms with E-state index in [0.717, 1.165) is 22.9 Å². The fourth-order valence-corrected chi connectivity index (χ4v) is 2.06. The zero-order chi connectivity index (χ0) is 14.7. The summed E-state index contributed by atoms with van der Waals surface area (Å²) in [6.45, 7) is 3.81. The van der Waals surface area contributed by atoms with E-state index in [2.05, 4.69) is 20.6 Å². The fourth-order valence-electron chi connectivity index (χ4n) is 1.87. The molecule has 1 aromatic carbocycles. The molecule has 0 fully saturated rings. The predicted octanol–water partition coefficient (Wildman–Crippen LogP) is 3.54. The Morgan fingerprint density at radius 3 is 2.50 bits per heavy atom. The average Bonchev–Trinajstić information content (AvgIpc) is 2.44. The van der Waals surface area contributed by atoms with Crippen LogP contribution in [0.2, 0.25) is 5.02 Å². The van der Waals surface area contributed by atoms with E-state index in [1.54, 1.807) is 13.2 Å². The van der Waals surface area contributed by atoms with Crippen LogP contribution in [0.3, 0.4) is 0 Å². The average molecular weight is 293 g/mol. The van der Waals surface area contributed by atoms with Gasteiger partial charge in [-0.05, 0) is 26.0 Å². The first-order valence-corrected chi connectivity index (χ1v) is 6.56. The summed E-state index contributed by atoms with van der Waals surface area (Å²) in [6.07, 6.45) is 0. The van der Waals surface area contributed by atoms with Crippen molar-refractivity contribution in [3.05, 3.63) is 34.6 Å². The quantitative estimate of drug-likeness (QED) is 0.902. The number of rotatable bonds is 4. The van der Waals surface area contributed by atoms with Crippen molar-refractivity contribution in [3.63, 3.8) is 0 Å². The van der Waals surface area contributed by atoms with Crippen LogP contribution in [-0.2, 0) is 0 Å². The van der Waals surface area contributed by atoms with Crippen LogP contribution in [0.15, 0.2) is 18.2 Å². The second-order valence-corrected chi connectivity index (χ2v) is 4.72. The SMILES string of the molecule is CNc1nc(C)nc(Nc2ccc(Cl)c(OC)c2)c1C. The van der Waals surface area contributed by atoms with Gasteiger partial charge in [0, 0.05) is 24.4 Å². The lowest BCUT2D eigenvalue weighted by Gasteiger charge is -2.13. The molecular formula is C14H17ClN4O. The molecule has 5 nitrogen and oxygen atoms in total. The normalized spacial score (nSPS) is 10.2. The maximum absolute atomic E-state index is 6.02. The Hall–Kier alpha value is -2.01. The third kappa shape index (κ3) is 2.93. The lowest BCUT2D eigenvalue weighted by atomic mass is 10.2. The molecule has 1 aromatic heterocycles. The summed E-state index contributed by atoms with van der Waals surface area (Å²) >= 11 is 6.02. The molecule has 0 bridgehead atoms. The second kappa shape index (κ2) is 5.96. The number of anilines is 3. The second-order valence-electron chi connectivity index (χ2n) is 4.32. The largest absolute Gasteiger partial charge is 0.495 e. The van der Waals surface area contributed by atoms with Gasteiger partial charge in [-0.1, -0.05) is 11.6 Å². The van der Waals surface area contributed by atoms with Crippen LogP contribution in [0.1, 0.15) is 11.4 Å². The summed E-state index contributed by atoms with van der Waals surface area (Å²) in [5.41, 5.74) is 1.81. The van der Waals surface area contributed by atoms with E-state index in [0.29, 0.717) is 16.6 Å². The predicted molar refractivity (Wildman–Crippen MR) is 82.3 cm³/mol. The number of hydrogen-bond acceptors (Lipinski definition) is 5. The summed E-state index contributed by atoms with van der Waals surface area (Å²) in [5.74, 6) is 2.88. The topological polar surface area (TPSA) is 59.1 Å². The van der Waals surface area contributed by atoms with Crippen molar-refractivity contribution in [1.82, 2.24) is 9.97 Å². The third-order valence-corrected chi connectivity index (χ3v) is 3.22. The molecule has 0 atom stereocenters. The molecule has 0 radical (unpaired) electrons. The van der Waals surface area contributed by atoms with E-state index < -0.39 is 0 Å². The smallest absolute Gasteiger partial charge is 0.139 e. The Labute approximate surface area is 123 Å². The Bertz CT molecular complexity index is 631. The van der Waals surface area contributed by atoms with Crippen LogP contribution in [0.25, 0.3) is 0 Å². The monoisotopic (exact) mass is 292 g/mol. The number of nitrogens with one attached hydrogen (secondary N) is 2. The first-order valence-electron chi connectivity index (χ1n) is 6.18. The van der Waals surface area contributed by atoms with E-state index in [9.17, 15) is 0 Å². The molecule has 0 aliphatic heterocycles. The minimum absolute atomic E-state index is 0.574. The highest BCUT2D eigenvalue weighted by Gasteiger charge is 2.09. The minimum Gasteiger partial charge on any atom is -0.495 e. The molecule has 0 saturated carbocycles. The number of ether oxygens (including phenoxy) is 1. The molecule has 1 heterocycles. The lowest BCUT2D eigenvalue weighted by molar-refractivity contribution is 0.415. The van der Waals surface area contributed by atoms with E-state index in [1.165, 1.54) is 0 Å². The van der Waals surface area contributed by atoms with Crippen LogP contribution in [-0.4, -0.2) is 24.1 Å². The van der Waals surface area contributed by atoms with Crippen molar-refractivity contribution in [3.8, 4) is 5.75 Å². The first kappa shape index (κ1) is 14.4. The summed E-state index contributed by atoms with van der Waals surface area (Å²) < 4.78 is 5.21. The van der Waals surface area contributed by atoms with Crippen LogP contribution in [0, 0.1) is 13.8 Å². The van der Waals surface area contributed by atoms with Gasteiger partial charge in [-0.25, -0.2) is 9.97 Å². The lowest BCUT2D eigenvalue weighted by Crippen LogP contribution is -2.05. The third-order valence-electron chi connectivity index (χ3n) is 2.91. The number of methoxy groups -OCH3 is 1. The molecule has 2 N–H and O–H groups in total. The highest BCUT2D eigenvalue weighted by molar-refractivity contribution is 6.32. The van der Waals surface area contributed by atoms with Gasteiger partial charge >= 0.3 is 0 Å². The van der Waals surface area contributed by atoms with Crippen molar-refractivity contribution >= 4 is 28.9 Å². The van der Waals surface area contributed by atoms with Crippen molar-refractivity contribution in [2.75, 3.05) is 24.8 Å². The number of halogens is 1. The molecule has 6 heteroatoms. The van der Waals surface area contributed by atoms with Crippen LogP contribution in [0.5, 0.6) is 5.75 Å². The number of benzene rings is 1. The van der Waals surface area contributed by atoms with E-state index >= 15 is 0 Å². The van der Waals surface area contributed by atoms with Crippen molar-refractivity contribution in [2.24, 2.45) is 0 Å². The molecule has 0 aliphatic carbocycles. The number of hydrogen-bond donors (Lipinski definition) is 2. The highest BCUT2D eigenvalue weighted by atomic mass is 35.5. The Morgan fingerprint density at radius 2 is 1.85 bits per heavy atom. The van der Waals surface area contributed by atoms with E-state index in [-0.39, 0.29) is 0 Å². The van der Waals surface area contributed by atoms with Gasteiger partial charge in [0.05, 0.1) is 12.1 Å². The Kier molecular flexibility index (Phi) is 4.29. The zero-order valence-electron chi connectivity index (χ0n) is 11.9. The van der Waals surface area contributed by atoms with E-state index in [1.807, 2.05) is 33.0 Å². The van der Waals surface area contributed by atoms with Crippen molar-refractivity contribution in [1.29, 1.82) is 0 Å². The van der Waals surface area contributed by atoms with Crippen LogP contribution < -0.4 is 15.4 Å². The van der Waals surface area contributed by atoms with Crippen LogP contribution in [0.4, 0.5) is 17.3 Å². The molecule has 106 valence electrons. The number of nitrogens with zero attached hydrogens (tertiary/aromatic N) is 2. The molecule has 2 aromatic rings. The molecule has 0 saturated heterocycles. The minimum atomic E-state index is 0.574. The summed E-state index contributed by atoms with van der Waals surface area (Å²) in [4.78, 5) is 8.75. The van der Waals surface area contributed by atoms with Crippen LogP contribution >= 0.6 is 11.6 Å². The zero-order valence-corrected chi connectivity index (χ0v) is 12.7. The van der Waals surface area contributed by atoms with Gasteiger partial charge in [-0.3, -0.25) is 0 Å². The molecular weight excluding hydrogens is 276 g/mol. The molecule has 20 heavy (non-hydrogen) atoms. The number of aryl methyl sites for hydroxylation is 1. The van der Waals surface area contributed by atoms with Gasteiger partial charge in [-0.15, -0.1) is 0 Å². The maximum Gasteiger partial charge on any atom is 0.139 e. The van der Waals surface area contributed by atoms with Gasteiger partial charge in [0.25, 0.3) is 0 Å². The molecule has 0 aliphatic rings. The first-order chi connectivity index (χ1) is 9.55. The van der Waals surface area contributed by atoms with E-state index in [4.69, 9.17) is 16.3 Å². The van der Waals surface area contributed by atoms with Gasteiger partial charge in [0.15, 0.2) is 0 Å². The molecule has 0 spiro atoms. The summed E-state index contributed by atoms with van der Waals surface area (Å²) in [7, 11) is 3.42. The van der Waals surface area contributed by atoms with Gasteiger partial charge in [0.2, 0.25) is 0 Å². The maximum atomic E-state index is 6.02. The molecule has 0 unspecified atom stereocenters. The van der Waals surface area contributed by atoms with Gasteiger partial charge in [-0.2, -0.15) is 0 Å². The summed E-state index contributed by atoms with van der Waals surface area (Å²) in [6, 6.07) is 5.49. The molecule has 2 rings (SSSR count). The Morgan fingerprint density at radius 1 is 1.15 bits per heavy atom. The molecule has 0 amide bonds. The van der Waals surface area contributed by atoms with Gasteiger partial charge < -0.3 is 15.4 Å². The van der Waals surface area contributed by atoms with Crippen molar-refractivity contribution in [2.45, 2.75) is 13.8 Å². The van der Waals surface area contributed by atoms with Crippen molar-refractivity contribution < 1.29 is 4.74 Å². The number of aromatic nitrogens is 2. The van der Waals surface area contributed by atoms with Gasteiger partial charge in [0.1, 0.15) is 23.2 Å². The highest BCUT2D eigenvalue weighted by Crippen LogP contribution is 2.30. The Balaban J connectivity index is 2.37. The summed E-state index contributed by atoms with van der Waals surface area (Å²) in [5, 5.41) is 6.89. The standard InChI is InChI=1S/C14H17ClN4O/c1-8-13(16-3)17-9(2)18-14(8)19-10-5-6-11(15)12(7-10)20-4/h5-7H,1-4H3,(H2,16,17,18,19).